The van der Waals surface area contributed by atoms with Gasteiger partial charge < -0.3 is 9.64 Å². The summed E-state index contributed by atoms with van der Waals surface area (Å²) in [6.45, 7) is 6.97. The van der Waals surface area contributed by atoms with Gasteiger partial charge in [-0.1, -0.05) is 51.2 Å². The highest BCUT2D eigenvalue weighted by molar-refractivity contribution is 6.35. The Balaban J connectivity index is 1.78. The van der Waals surface area contributed by atoms with Gasteiger partial charge in [-0.2, -0.15) is 0 Å². The first kappa shape index (κ1) is 22.4. The van der Waals surface area contributed by atoms with Gasteiger partial charge in [0.1, 0.15) is 11.4 Å². The van der Waals surface area contributed by atoms with Crippen LogP contribution in [0.1, 0.15) is 77.2 Å². The summed E-state index contributed by atoms with van der Waals surface area (Å²) in [7, 11) is 0. The van der Waals surface area contributed by atoms with E-state index in [0.717, 1.165) is 50.1 Å². The Labute approximate surface area is 181 Å². The molecule has 30 heavy (non-hydrogen) atoms. The highest BCUT2D eigenvalue weighted by atomic mass is 16.5. The molecule has 1 aromatic carbocycles. The first-order chi connectivity index (χ1) is 14.7. The smallest absolute Gasteiger partial charge is 0.277 e. The Bertz CT molecular complexity index is 748. The van der Waals surface area contributed by atoms with Crippen LogP contribution >= 0.6 is 0 Å². The number of imide groups is 1. The Kier molecular flexibility index (Phi) is 8.35. The number of rotatable bonds is 11. The quantitative estimate of drug-likeness (QED) is 0.379. The van der Waals surface area contributed by atoms with Crippen LogP contribution in [0.15, 0.2) is 30.0 Å². The third-order valence-corrected chi connectivity index (χ3v) is 6.01. The van der Waals surface area contributed by atoms with E-state index in [2.05, 4.69) is 11.8 Å². The first-order valence-corrected chi connectivity index (χ1v) is 11.8. The van der Waals surface area contributed by atoms with Gasteiger partial charge in [-0.15, -0.1) is 0 Å². The molecule has 0 spiro atoms. The first-order valence-electron chi connectivity index (χ1n) is 11.8. The maximum Gasteiger partial charge on any atom is 0.277 e. The van der Waals surface area contributed by atoms with Crippen LogP contribution in [-0.4, -0.2) is 47.9 Å². The molecule has 1 fully saturated rings. The molecule has 2 aliphatic heterocycles. The molecule has 5 heteroatoms. The summed E-state index contributed by atoms with van der Waals surface area (Å²) in [6.07, 6.45) is 10.1. The van der Waals surface area contributed by atoms with Crippen LogP contribution in [0.5, 0.6) is 5.75 Å². The van der Waals surface area contributed by atoms with Gasteiger partial charge in [0.25, 0.3) is 11.8 Å². The minimum absolute atomic E-state index is 0.112. The fourth-order valence-electron chi connectivity index (χ4n) is 4.37. The van der Waals surface area contributed by atoms with Crippen molar-refractivity contribution < 1.29 is 14.3 Å². The molecule has 0 bridgehead atoms. The molecular formula is C25H36N2O3. The van der Waals surface area contributed by atoms with Crippen molar-refractivity contribution in [3.63, 3.8) is 0 Å². The zero-order valence-electron chi connectivity index (χ0n) is 18.6. The summed E-state index contributed by atoms with van der Waals surface area (Å²) in [5.74, 6) is 0.528. The van der Waals surface area contributed by atoms with E-state index in [1.165, 1.54) is 37.0 Å². The topological polar surface area (TPSA) is 49.9 Å². The summed E-state index contributed by atoms with van der Waals surface area (Å²) in [5, 5.41) is 0. The van der Waals surface area contributed by atoms with Gasteiger partial charge in [0.15, 0.2) is 0 Å². The van der Waals surface area contributed by atoms with E-state index >= 15 is 0 Å². The van der Waals surface area contributed by atoms with Crippen molar-refractivity contribution in [3.8, 4) is 5.75 Å². The summed E-state index contributed by atoms with van der Waals surface area (Å²) in [5.41, 5.74) is 1.98. The van der Waals surface area contributed by atoms with Gasteiger partial charge >= 0.3 is 0 Å². The Hall–Kier alpha value is -2.30. The number of ether oxygens (including phenoxy) is 1. The second-order valence-electron chi connectivity index (χ2n) is 8.26. The molecule has 0 aliphatic carbocycles. The van der Waals surface area contributed by atoms with Gasteiger partial charge in [-0.3, -0.25) is 14.5 Å². The molecule has 0 saturated carbocycles. The van der Waals surface area contributed by atoms with E-state index in [-0.39, 0.29) is 11.8 Å². The number of carbonyl (C=O) groups is 2. The largest absolute Gasteiger partial charge is 0.494 e. The predicted molar refractivity (Wildman–Crippen MR) is 120 cm³/mol. The zero-order chi connectivity index (χ0) is 21.3. The SMILES string of the molecule is CCCCCCCCN1C(=O)C(c2ccc(OCC)cc2)=C(N2CCCCC2)C1=O. The standard InChI is InChI=1S/C25H36N2O3/c1-3-5-6-7-8-12-19-27-24(28)22(20-13-15-21(16-14-20)30-4-2)23(25(27)29)26-17-10-9-11-18-26/h13-16H,3-12,17-19H2,1-2H3. The molecule has 1 saturated heterocycles. The van der Waals surface area contributed by atoms with E-state index in [1.807, 2.05) is 31.2 Å². The fraction of sp³-hybridized carbons (Fsp3) is 0.600. The van der Waals surface area contributed by atoms with Gasteiger partial charge in [0.05, 0.1) is 12.2 Å². The molecule has 164 valence electrons. The van der Waals surface area contributed by atoms with Crippen molar-refractivity contribution in [1.29, 1.82) is 0 Å². The van der Waals surface area contributed by atoms with Gasteiger partial charge in [0, 0.05) is 19.6 Å². The minimum atomic E-state index is -0.140. The molecule has 2 aliphatic rings. The molecular weight excluding hydrogens is 376 g/mol. The molecule has 0 N–H and O–H groups in total. The van der Waals surface area contributed by atoms with Crippen LogP contribution < -0.4 is 4.74 Å². The van der Waals surface area contributed by atoms with Crippen LogP contribution in [0.2, 0.25) is 0 Å². The molecule has 2 amide bonds. The van der Waals surface area contributed by atoms with E-state index < -0.39 is 0 Å². The maximum absolute atomic E-state index is 13.3. The summed E-state index contributed by atoms with van der Waals surface area (Å²) in [6, 6.07) is 7.58. The molecule has 5 nitrogen and oxygen atoms in total. The number of hydrogen-bond donors (Lipinski definition) is 0. The predicted octanol–water partition coefficient (Wildman–Crippen LogP) is 5.01. The van der Waals surface area contributed by atoms with Crippen molar-refractivity contribution in [2.24, 2.45) is 0 Å². The van der Waals surface area contributed by atoms with Crippen LogP contribution in [0.25, 0.3) is 5.57 Å². The monoisotopic (exact) mass is 412 g/mol. The minimum Gasteiger partial charge on any atom is -0.494 e. The number of benzene rings is 1. The van der Waals surface area contributed by atoms with Crippen LogP contribution in [0, 0.1) is 0 Å². The fourth-order valence-corrected chi connectivity index (χ4v) is 4.37. The lowest BCUT2D eigenvalue weighted by Gasteiger charge is -2.29. The highest BCUT2D eigenvalue weighted by Gasteiger charge is 2.41. The van der Waals surface area contributed by atoms with Crippen molar-refractivity contribution >= 4 is 17.4 Å². The normalized spacial score (nSPS) is 17.3. The lowest BCUT2D eigenvalue weighted by molar-refractivity contribution is -0.137. The molecule has 2 heterocycles. The molecule has 0 aromatic heterocycles. The van der Waals surface area contributed by atoms with E-state index in [0.29, 0.717) is 24.4 Å². The van der Waals surface area contributed by atoms with Crippen LogP contribution in [0.3, 0.4) is 0 Å². The second-order valence-corrected chi connectivity index (χ2v) is 8.26. The number of unbranched alkanes of at least 4 members (excludes halogenated alkanes) is 5. The zero-order valence-corrected chi connectivity index (χ0v) is 18.6. The molecule has 3 rings (SSSR count). The van der Waals surface area contributed by atoms with Crippen molar-refractivity contribution in [2.75, 3.05) is 26.2 Å². The number of hydrogen-bond acceptors (Lipinski definition) is 4. The van der Waals surface area contributed by atoms with Gasteiger partial charge in [-0.25, -0.2) is 0 Å². The number of carbonyl (C=O) groups excluding carboxylic acids is 2. The lowest BCUT2D eigenvalue weighted by atomic mass is 10.0. The van der Waals surface area contributed by atoms with E-state index in [1.54, 1.807) is 0 Å². The number of amides is 2. The van der Waals surface area contributed by atoms with Crippen molar-refractivity contribution in [2.45, 2.75) is 71.6 Å². The molecule has 0 atom stereocenters. The van der Waals surface area contributed by atoms with Crippen LogP contribution in [-0.2, 0) is 9.59 Å². The molecule has 1 aromatic rings. The molecule has 0 unspecified atom stereocenters. The summed E-state index contributed by atoms with van der Waals surface area (Å²) < 4.78 is 5.54. The Morgan fingerprint density at radius 2 is 1.50 bits per heavy atom. The Morgan fingerprint density at radius 1 is 0.833 bits per heavy atom. The van der Waals surface area contributed by atoms with Gasteiger partial charge in [-0.05, 0) is 50.3 Å². The number of nitrogens with zero attached hydrogens (tertiary/aromatic N) is 2. The number of likely N-dealkylation sites (tertiary alicyclic amines) is 1. The molecule has 0 radical (unpaired) electrons. The van der Waals surface area contributed by atoms with E-state index in [4.69, 9.17) is 4.74 Å². The lowest BCUT2D eigenvalue weighted by Crippen LogP contribution is -2.37. The second kappa shape index (κ2) is 11.2. The third kappa shape index (κ3) is 5.24. The van der Waals surface area contributed by atoms with Crippen molar-refractivity contribution in [3.05, 3.63) is 35.5 Å². The number of piperidine rings is 1. The summed E-state index contributed by atoms with van der Waals surface area (Å²) in [4.78, 5) is 30.3. The average molecular weight is 413 g/mol. The third-order valence-electron chi connectivity index (χ3n) is 6.01. The highest BCUT2D eigenvalue weighted by Crippen LogP contribution is 2.34. The van der Waals surface area contributed by atoms with E-state index in [9.17, 15) is 9.59 Å². The maximum atomic E-state index is 13.3. The van der Waals surface area contributed by atoms with Crippen LogP contribution in [0.4, 0.5) is 0 Å². The average Bonchev–Trinajstić information content (AvgIpc) is 3.02. The Morgan fingerprint density at radius 3 is 2.17 bits per heavy atom. The van der Waals surface area contributed by atoms with Crippen molar-refractivity contribution in [1.82, 2.24) is 9.80 Å². The summed E-state index contributed by atoms with van der Waals surface area (Å²) >= 11 is 0. The van der Waals surface area contributed by atoms with Gasteiger partial charge in [0.2, 0.25) is 0 Å².